The number of benzene rings is 1. The van der Waals surface area contributed by atoms with Crippen molar-refractivity contribution >= 4 is 29.3 Å². The number of ether oxygens (including phenoxy) is 1. The van der Waals surface area contributed by atoms with Crippen molar-refractivity contribution in [2.75, 3.05) is 5.75 Å². The van der Waals surface area contributed by atoms with Crippen molar-refractivity contribution in [1.82, 2.24) is 0 Å². The molecular formula is C13H17ClO2S. The number of hydrogen-bond acceptors (Lipinski definition) is 3. The zero-order valence-electron chi connectivity index (χ0n) is 10.1. The highest BCUT2D eigenvalue weighted by Gasteiger charge is 2.04. The van der Waals surface area contributed by atoms with Gasteiger partial charge in [-0.05, 0) is 50.3 Å². The van der Waals surface area contributed by atoms with Gasteiger partial charge in [-0.1, -0.05) is 11.6 Å². The lowest BCUT2D eigenvalue weighted by atomic mass is 10.3. The van der Waals surface area contributed by atoms with Crippen LogP contribution in [0.5, 0.6) is 0 Å². The molecular weight excluding hydrogens is 256 g/mol. The molecule has 17 heavy (non-hydrogen) atoms. The number of hydrogen-bond donors (Lipinski definition) is 0. The average Bonchev–Trinajstić information content (AvgIpc) is 2.26. The zero-order chi connectivity index (χ0) is 12.7. The lowest BCUT2D eigenvalue weighted by Gasteiger charge is -2.07. The Hall–Kier alpha value is -0.670. The molecule has 0 unspecified atom stereocenters. The Morgan fingerprint density at radius 3 is 2.59 bits per heavy atom. The summed E-state index contributed by atoms with van der Waals surface area (Å²) < 4.78 is 5.05. The van der Waals surface area contributed by atoms with Crippen LogP contribution >= 0.6 is 23.4 Å². The largest absolute Gasteiger partial charge is 0.463 e. The molecule has 0 heterocycles. The van der Waals surface area contributed by atoms with E-state index >= 15 is 0 Å². The van der Waals surface area contributed by atoms with E-state index in [1.54, 1.807) is 11.8 Å². The van der Waals surface area contributed by atoms with Gasteiger partial charge in [-0.3, -0.25) is 4.79 Å². The SMILES string of the molecule is CC(C)OC(=O)CCCSc1ccc(Cl)cc1. The molecule has 0 spiro atoms. The fourth-order valence-electron chi connectivity index (χ4n) is 1.26. The summed E-state index contributed by atoms with van der Waals surface area (Å²) in [5.41, 5.74) is 0. The van der Waals surface area contributed by atoms with Crippen LogP contribution in [0.4, 0.5) is 0 Å². The van der Waals surface area contributed by atoms with E-state index in [-0.39, 0.29) is 12.1 Å². The summed E-state index contributed by atoms with van der Waals surface area (Å²) in [5.74, 6) is 0.797. The van der Waals surface area contributed by atoms with Crippen LogP contribution in [0.2, 0.25) is 5.02 Å². The van der Waals surface area contributed by atoms with Crippen LogP contribution in [-0.2, 0) is 9.53 Å². The lowest BCUT2D eigenvalue weighted by Crippen LogP contribution is -2.11. The molecule has 0 radical (unpaired) electrons. The van der Waals surface area contributed by atoms with Crippen molar-refractivity contribution in [3.63, 3.8) is 0 Å². The number of carbonyl (C=O) groups is 1. The van der Waals surface area contributed by atoms with E-state index in [1.807, 2.05) is 38.1 Å². The molecule has 0 fully saturated rings. The van der Waals surface area contributed by atoms with Gasteiger partial charge in [-0.25, -0.2) is 0 Å². The maximum atomic E-state index is 11.3. The molecule has 4 heteroatoms. The fourth-order valence-corrected chi connectivity index (χ4v) is 2.24. The van der Waals surface area contributed by atoms with E-state index < -0.39 is 0 Å². The van der Waals surface area contributed by atoms with Crippen LogP contribution in [0.3, 0.4) is 0 Å². The Morgan fingerprint density at radius 1 is 1.35 bits per heavy atom. The topological polar surface area (TPSA) is 26.3 Å². The van der Waals surface area contributed by atoms with Crippen molar-refractivity contribution < 1.29 is 9.53 Å². The van der Waals surface area contributed by atoms with Crippen LogP contribution < -0.4 is 0 Å². The van der Waals surface area contributed by atoms with Gasteiger partial charge in [0.2, 0.25) is 0 Å². The third-order valence-corrected chi connectivity index (χ3v) is 3.33. The normalized spacial score (nSPS) is 10.6. The van der Waals surface area contributed by atoms with Crippen molar-refractivity contribution in [2.24, 2.45) is 0 Å². The Kier molecular flexibility index (Phi) is 6.45. The van der Waals surface area contributed by atoms with Crippen LogP contribution in [0.25, 0.3) is 0 Å². The summed E-state index contributed by atoms with van der Waals surface area (Å²) in [6.07, 6.45) is 1.30. The fraction of sp³-hybridized carbons (Fsp3) is 0.462. The molecule has 1 aromatic rings. The molecule has 1 rings (SSSR count). The average molecular weight is 273 g/mol. The Bertz CT molecular complexity index is 349. The highest BCUT2D eigenvalue weighted by molar-refractivity contribution is 7.99. The van der Waals surface area contributed by atoms with Crippen molar-refractivity contribution in [1.29, 1.82) is 0 Å². The summed E-state index contributed by atoms with van der Waals surface area (Å²) in [5, 5.41) is 0.745. The zero-order valence-corrected chi connectivity index (χ0v) is 11.7. The van der Waals surface area contributed by atoms with Crippen LogP contribution in [0.1, 0.15) is 26.7 Å². The highest BCUT2D eigenvalue weighted by Crippen LogP contribution is 2.21. The predicted octanol–water partition coefficient (Wildman–Crippen LogP) is 4.16. The third-order valence-electron chi connectivity index (χ3n) is 1.97. The van der Waals surface area contributed by atoms with E-state index in [1.165, 1.54) is 4.90 Å². The first-order chi connectivity index (χ1) is 8.08. The highest BCUT2D eigenvalue weighted by atomic mass is 35.5. The van der Waals surface area contributed by atoms with Crippen LogP contribution in [0, 0.1) is 0 Å². The van der Waals surface area contributed by atoms with Crippen LogP contribution in [-0.4, -0.2) is 17.8 Å². The lowest BCUT2D eigenvalue weighted by molar-refractivity contribution is -0.147. The van der Waals surface area contributed by atoms with Gasteiger partial charge in [0.05, 0.1) is 6.10 Å². The first kappa shape index (κ1) is 14.4. The second-order valence-electron chi connectivity index (χ2n) is 3.94. The van der Waals surface area contributed by atoms with Crippen molar-refractivity contribution in [3.05, 3.63) is 29.3 Å². The minimum absolute atomic E-state index is 0.0218. The monoisotopic (exact) mass is 272 g/mol. The first-order valence-electron chi connectivity index (χ1n) is 5.66. The van der Waals surface area contributed by atoms with Crippen LogP contribution in [0.15, 0.2) is 29.2 Å². The number of rotatable bonds is 6. The summed E-state index contributed by atoms with van der Waals surface area (Å²) in [4.78, 5) is 12.4. The predicted molar refractivity (Wildman–Crippen MR) is 72.6 cm³/mol. The van der Waals surface area contributed by atoms with Crippen molar-refractivity contribution in [3.8, 4) is 0 Å². The molecule has 0 saturated heterocycles. The van der Waals surface area contributed by atoms with Gasteiger partial charge in [0.1, 0.15) is 0 Å². The minimum atomic E-state index is -0.114. The van der Waals surface area contributed by atoms with Gasteiger partial charge >= 0.3 is 5.97 Å². The standard InChI is InChI=1S/C13H17ClO2S/c1-10(2)16-13(15)4-3-9-17-12-7-5-11(14)6-8-12/h5-8,10H,3-4,9H2,1-2H3. The number of halogens is 1. The number of carbonyl (C=O) groups excluding carboxylic acids is 1. The van der Waals surface area contributed by atoms with E-state index in [9.17, 15) is 4.79 Å². The summed E-state index contributed by atoms with van der Waals surface area (Å²) in [6, 6.07) is 7.71. The van der Waals surface area contributed by atoms with Gasteiger partial charge in [0, 0.05) is 16.3 Å². The van der Waals surface area contributed by atoms with E-state index in [0.717, 1.165) is 17.2 Å². The molecule has 0 aliphatic carbocycles. The molecule has 0 aliphatic rings. The summed E-state index contributed by atoms with van der Waals surface area (Å²) >= 11 is 7.52. The molecule has 0 saturated carbocycles. The second-order valence-corrected chi connectivity index (χ2v) is 5.55. The van der Waals surface area contributed by atoms with Gasteiger partial charge in [0.15, 0.2) is 0 Å². The smallest absolute Gasteiger partial charge is 0.306 e. The van der Waals surface area contributed by atoms with E-state index in [4.69, 9.17) is 16.3 Å². The number of esters is 1. The van der Waals surface area contributed by atoms with Gasteiger partial charge < -0.3 is 4.74 Å². The minimum Gasteiger partial charge on any atom is -0.463 e. The van der Waals surface area contributed by atoms with Gasteiger partial charge in [-0.2, -0.15) is 0 Å². The Balaban J connectivity index is 2.16. The quantitative estimate of drug-likeness (QED) is 0.442. The molecule has 1 aromatic carbocycles. The maximum absolute atomic E-state index is 11.3. The summed E-state index contributed by atoms with van der Waals surface area (Å²) in [7, 11) is 0. The third kappa shape index (κ3) is 6.59. The Labute approximate surface area is 112 Å². The molecule has 0 atom stereocenters. The van der Waals surface area contributed by atoms with Crippen molar-refractivity contribution in [2.45, 2.75) is 37.7 Å². The van der Waals surface area contributed by atoms with E-state index in [2.05, 4.69) is 0 Å². The summed E-state index contributed by atoms with van der Waals surface area (Å²) in [6.45, 7) is 3.72. The molecule has 0 aromatic heterocycles. The number of thioether (sulfide) groups is 1. The van der Waals surface area contributed by atoms with E-state index in [0.29, 0.717) is 6.42 Å². The molecule has 2 nitrogen and oxygen atoms in total. The second kappa shape index (κ2) is 7.62. The molecule has 0 amide bonds. The first-order valence-corrected chi connectivity index (χ1v) is 7.02. The maximum Gasteiger partial charge on any atom is 0.306 e. The molecule has 0 aliphatic heterocycles. The molecule has 94 valence electrons. The van der Waals surface area contributed by atoms with Gasteiger partial charge in [-0.15, -0.1) is 11.8 Å². The molecule has 0 N–H and O–H groups in total. The Morgan fingerprint density at radius 2 is 2.00 bits per heavy atom. The molecule has 0 bridgehead atoms. The van der Waals surface area contributed by atoms with Gasteiger partial charge in [0.25, 0.3) is 0 Å².